The highest BCUT2D eigenvalue weighted by Crippen LogP contribution is 2.42. The summed E-state index contributed by atoms with van der Waals surface area (Å²) in [6.07, 6.45) is 4.62. The Labute approximate surface area is 122 Å². The van der Waals surface area contributed by atoms with Crippen molar-refractivity contribution in [2.45, 2.75) is 78.3 Å². The summed E-state index contributed by atoms with van der Waals surface area (Å²) >= 11 is 0. The van der Waals surface area contributed by atoms with Gasteiger partial charge in [0.1, 0.15) is 5.54 Å². The van der Waals surface area contributed by atoms with Gasteiger partial charge in [0, 0.05) is 6.04 Å². The largest absolute Gasteiger partial charge is 0.479 e. The van der Waals surface area contributed by atoms with Crippen molar-refractivity contribution in [2.24, 2.45) is 11.3 Å². The molecule has 20 heavy (non-hydrogen) atoms. The molecule has 2 unspecified atom stereocenters. The van der Waals surface area contributed by atoms with Crippen LogP contribution in [-0.4, -0.2) is 34.0 Å². The molecule has 0 aromatic heterocycles. The second-order valence-electron chi connectivity index (χ2n) is 7.44. The van der Waals surface area contributed by atoms with E-state index in [1.807, 2.05) is 13.8 Å². The fourth-order valence-electron chi connectivity index (χ4n) is 3.49. The Morgan fingerprint density at radius 1 is 1.30 bits per heavy atom. The van der Waals surface area contributed by atoms with Crippen molar-refractivity contribution in [2.75, 3.05) is 0 Å². The van der Waals surface area contributed by atoms with Crippen LogP contribution in [0.4, 0.5) is 0 Å². The highest BCUT2D eigenvalue weighted by molar-refractivity contribution is 5.81. The van der Waals surface area contributed by atoms with Crippen molar-refractivity contribution in [3.63, 3.8) is 0 Å². The molecule has 4 heteroatoms. The molecule has 1 saturated carbocycles. The molecule has 0 saturated heterocycles. The van der Waals surface area contributed by atoms with Crippen molar-refractivity contribution in [3.8, 4) is 0 Å². The molecule has 1 amide bonds. The van der Waals surface area contributed by atoms with Gasteiger partial charge in [-0.3, -0.25) is 4.79 Å². The number of carboxylic acids is 1. The van der Waals surface area contributed by atoms with Crippen LogP contribution in [0.3, 0.4) is 0 Å². The van der Waals surface area contributed by atoms with Crippen LogP contribution in [-0.2, 0) is 9.59 Å². The minimum Gasteiger partial charge on any atom is -0.479 e. The highest BCUT2D eigenvalue weighted by Gasteiger charge is 2.46. The van der Waals surface area contributed by atoms with Gasteiger partial charge in [-0.1, -0.05) is 27.2 Å². The molecule has 2 atom stereocenters. The first-order valence-corrected chi connectivity index (χ1v) is 7.62. The molecule has 0 aliphatic heterocycles. The minimum atomic E-state index is -1.02. The van der Waals surface area contributed by atoms with Crippen LogP contribution < -0.4 is 0 Å². The third-order valence-corrected chi connectivity index (χ3v) is 4.84. The molecule has 1 rings (SSSR count). The molecule has 0 aromatic carbocycles. The first-order valence-electron chi connectivity index (χ1n) is 7.62. The van der Waals surface area contributed by atoms with Gasteiger partial charge in [0.2, 0.25) is 6.41 Å². The molecular weight excluding hydrogens is 254 g/mol. The predicted molar refractivity (Wildman–Crippen MR) is 79.4 cm³/mol. The number of aliphatic carboxylic acids is 1. The molecule has 0 spiro atoms. The van der Waals surface area contributed by atoms with Gasteiger partial charge in [0.25, 0.3) is 0 Å². The van der Waals surface area contributed by atoms with E-state index in [-0.39, 0.29) is 11.5 Å². The zero-order chi connectivity index (χ0) is 15.6. The van der Waals surface area contributed by atoms with E-state index in [9.17, 15) is 14.7 Å². The first-order chi connectivity index (χ1) is 9.15. The van der Waals surface area contributed by atoms with Crippen LogP contribution in [0, 0.1) is 11.3 Å². The third-order valence-electron chi connectivity index (χ3n) is 4.84. The lowest BCUT2D eigenvalue weighted by Gasteiger charge is -2.40. The molecule has 1 N–H and O–H groups in total. The summed E-state index contributed by atoms with van der Waals surface area (Å²) in [6.45, 7) is 10.4. The maximum atomic E-state index is 11.9. The van der Waals surface area contributed by atoms with Crippen LogP contribution >= 0.6 is 0 Å². The van der Waals surface area contributed by atoms with E-state index in [0.717, 1.165) is 25.7 Å². The normalized spacial score (nSPS) is 28.0. The second-order valence-corrected chi connectivity index (χ2v) is 7.44. The van der Waals surface area contributed by atoms with Crippen molar-refractivity contribution < 1.29 is 14.7 Å². The summed E-state index contributed by atoms with van der Waals surface area (Å²) in [4.78, 5) is 24.8. The number of hydrogen-bond donors (Lipinski definition) is 1. The minimum absolute atomic E-state index is 0.0882. The number of amides is 1. The molecule has 0 bridgehead atoms. The molecule has 0 radical (unpaired) electrons. The monoisotopic (exact) mass is 283 g/mol. The van der Waals surface area contributed by atoms with Crippen LogP contribution in [0.2, 0.25) is 0 Å². The maximum Gasteiger partial charge on any atom is 0.329 e. The fraction of sp³-hybridized carbons (Fsp3) is 0.875. The summed E-state index contributed by atoms with van der Waals surface area (Å²) in [7, 11) is 0. The topological polar surface area (TPSA) is 57.6 Å². The number of hydrogen-bond acceptors (Lipinski definition) is 2. The molecule has 1 aliphatic rings. The molecule has 4 nitrogen and oxygen atoms in total. The van der Waals surface area contributed by atoms with E-state index >= 15 is 0 Å². The third kappa shape index (κ3) is 3.33. The predicted octanol–water partition coefficient (Wildman–Crippen LogP) is 3.30. The standard InChI is InChI=1S/C16H29NO3/c1-12(2)17(11-18)16(14(19)20)9-6-7-13(8-10-16)15(3,4)5/h11-13H,6-10H2,1-5H3,(H,19,20). The Morgan fingerprint density at radius 2 is 1.90 bits per heavy atom. The molecule has 0 heterocycles. The lowest BCUT2D eigenvalue weighted by atomic mass is 9.76. The number of rotatable bonds is 4. The Kier molecular flexibility index (Phi) is 5.22. The lowest BCUT2D eigenvalue weighted by molar-refractivity contribution is -0.158. The van der Waals surface area contributed by atoms with Gasteiger partial charge in [-0.25, -0.2) is 4.79 Å². The summed E-state index contributed by atoms with van der Waals surface area (Å²) < 4.78 is 0. The summed E-state index contributed by atoms with van der Waals surface area (Å²) in [5.41, 5.74) is -0.825. The van der Waals surface area contributed by atoms with Gasteiger partial charge < -0.3 is 10.0 Å². The van der Waals surface area contributed by atoms with E-state index in [0.29, 0.717) is 18.8 Å². The van der Waals surface area contributed by atoms with Crippen LogP contribution in [0.15, 0.2) is 0 Å². The van der Waals surface area contributed by atoms with Crippen molar-refractivity contribution >= 4 is 12.4 Å². The lowest BCUT2D eigenvalue weighted by Crippen LogP contribution is -2.56. The van der Waals surface area contributed by atoms with Gasteiger partial charge in [0.15, 0.2) is 0 Å². The zero-order valence-electron chi connectivity index (χ0n) is 13.5. The Hall–Kier alpha value is -1.06. The van der Waals surface area contributed by atoms with Gasteiger partial charge >= 0.3 is 5.97 Å². The molecule has 0 aromatic rings. The molecule has 1 aliphatic carbocycles. The first kappa shape index (κ1) is 17.0. The molecule has 116 valence electrons. The van der Waals surface area contributed by atoms with E-state index in [2.05, 4.69) is 20.8 Å². The van der Waals surface area contributed by atoms with Crippen LogP contribution in [0.25, 0.3) is 0 Å². The van der Waals surface area contributed by atoms with Gasteiger partial charge in [-0.05, 0) is 50.9 Å². The highest BCUT2D eigenvalue weighted by atomic mass is 16.4. The molecular formula is C16H29NO3. The van der Waals surface area contributed by atoms with Gasteiger partial charge in [-0.2, -0.15) is 0 Å². The maximum absolute atomic E-state index is 11.9. The van der Waals surface area contributed by atoms with E-state index in [1.165, 1.54) is 4.90 Å². The summed E-state index contributed by atoms with van der Waals surface area (Å²) in [5, 5.41) is 9.75. The van der Waals surface area contributed by atoms with Crippen LogP contribution in [0.5, 0.6) is 0 Å². The molecule has 1 fully saturated rings. The number of nitrogens with zero attached hydrogens (tertiary/aromatic N) is 1. The van der Waals surface area contributed by atoms with Crippen molar-refractivity contribution in [1.82, 2.24) is 4.90 Å². The van der Waals surface area contributed by atoms with E-state index in [4.69, 9.17) is 0 Å². The van der Waals surface area contributed by atoms with Crippen molar-refractivity contribution in [1.29, 1.82) is 0 Å². The summed E-state index contributed by atoms with van der Waals surface area (Å²) in [5.74, 6) is -0.336. The van der Waals surface area contributed by atoms with Gasteiger partial charge in [0.05, 0.1) is 0 Å². The van der Waals surface area contributed by atoms with Crippen molar-refractivity contribution in [3.05, 3.63) is 0 Å². The summed E-state index contributed by atoms with van der Waals surface area (Å²) in [6, 6.07) is -0.0882. The average molecular weight is 283 g/mol. The van der Waals surface area contributed by atoms with E-state index < -0.39 is 11.5 Å². The Morgan fingerprint density at radius 3 is 2.30 bits per heavy atom. The Balaban J connectivity index is 3.04. The average Bonchev–Trinajstić information content (AvgIpc) is 2.52. The zero-order valence-corrected chi connectivity index (χ0v) is 13.5. The Bertz CT molecular complexity index is 359. The quantitative estimate of drug-likeness (QED) is 0.636. The van der Waals surface area contributed by atoms with Crippen LogP contribution in [0.1, 0.15) is 66.7 Å². The van der Waals surface area contributed by atoms with Gasteiger partial charge in [-0.15, -0.1) is 0 Å². The SMILES string of the molecule is CC(C)N(C=O)C1(C(=O)O)CCCC(C(C)(C)C)CC1. The number of carbonyl (C=O) groups is 2. The number of carbonyl (C=O) groups excluding carboxylic acids is 1. The smallest absolute Gasteiger partial charge is 0.329 e. The van der Waals surface area contributed by atoms with E-state index in [1.54, 1.807) is 0 Å². The number of carboxylic acid groups (broad SMARTS) is 1. The second kappa shape index (κ2) is 6.15. The fourth-order valence-corrected chi connectivity index (χ4v) is 3.49.